The Balaban J connectivity index is 1.88. The molecular weight excluding hydrogens is 309 g/mol. The van der Waals surface area contributed by atoms with Crippen LogP contribution in [-0.4, -0.2) is 23.6 Å². The first-order valence-electron chi connectivity index (χ1n) is 6.69. The summed E-state index contributed by atoms with van der Waals surface area (Å²) in [4.78, 5) is 10.6. The molecule has 21 heavy (non-hydrogen) atoms. The first-order chi connectivity index (χ1) is 10.1. The SMILES string of the molecule is COc1ccc(CN2C[C@H](C)c3c(Cl)nc(Cl)nc32)cc1. The Kier molecular flexibility index (Phi) is 3.91. The Labute approximate surface area is 133 Å². The van der Waals surface area contributed by atoms with Gasteiger partial charge in [-0.1, -0.05) is 30.7 Å². The van der Waals surface area contributed by atoms with E-state index in [9.17, 15) is 0 Å². The highest BCUT2D eigenvalue weighted by Gasteiger charge is 2.30. The number of aromatic nitrogens is 2. The first kappa shape index (κ1) is 14.4. The summed E-state index contributed by atoms with van der Waals surface area (Å²) in [5, 5.41) is 0.641. The van der Waals surface area contributed by atoms with E-state index < -0.39 is 0 Å². The zero-order valence-corrected chi connectivity index (χ0v) is 13.3. The Morgan fingerprint density at radius 3 is 2.62 bits per heavy atom. The van der Waals surface area contributed by atoms with E-state index in [1.807, 2.05) is 24.3 Å². The maximum atomic E-state index is 6.20. The molecule has 0 unspecified atom stereocenters. The topological polar surface area (TPSA) is 38.2 Å². The molecule has 3 rings (SSSR count). The summed E-state index contributed by atoms with van der Waals surface area (Å²) in [5.41, 5.74) is 2.16. The molecule has 1 atom stereocenters. The smallest absolute Gasteiger partial charge is 0.225 e. The van der Waals surface area contributed by atoms with Gasteiger partial charge in [-0.3, -0.25) is 0 Å². The summed E-state index contributed by atoms with van der Waals surface area (Å²) in [6.45, 7) is 3.73. The number of nitrogens with zero attached hydrogens (tertiary/aromatic N) is 3. The van der Waals surface area contributed by atoms with Crippen LogP contribution >= 0.6 is 23.2 Å². The molecule has 0 fully saturated rings. The van der Waals surface area contributed by atoms with Gasteiger partial charge in [0.25, 0.3) is 0 Å². The van der Waals surface area contributed by atoms with Gasteiger partial charge in [-0.25, -0.2) is 9.97 Å². The summed E-state index contributed by atoms with van der Waals surface area (Å²) < 4.78 is 5.17. The largest absolute Gasteiger partial charge is 0.497 e. The van der Waals surface area contributed by atoms with Crippen LogP contribution in [0.25, 0.3) is 0 Å². The van der Waals surface area contributed by atoms with E-state index in [4.69, 9.17) is 27.9 Å². The lowest BCUT2D eigenvalue weighted by atomic mass is 10.1. The highest BCUT2D eigenvalue weighted by molar-refractivity contribution is 6.32. The van der Waals surface area contributed by atoms with Crippen LogP contribution in [0.5, 0.6) is 5.75 Å². The molecule has 1 aromatic carbocycles. The Morgan fingerprint density at radius 2 is 1.95 bits per heavy atom. The number of methoxy groups -OCH3 is 1. The van der Waals surface area contributed by atoms with Crippen LogP contribution in [0.15, 0.2) is 24.3 Å². The number of halogens is 2. The van der Waals surface area contributed by atoms with Crippen molar-refractivity contribution in [3.05, 3.63) is 45.8 Å². The molecule has 0 saturated heterocycles. The van der Waals surface area contributed by atoms with E-state index in [0.29, 0.717) is 11.1 Å². The first-order valence-corrected chi connectivity index (χ1v) is 7.45. The lowest BCUT2D eigenvalue weighted by Gasteiger charge is -2.18. The molecule has 1 aliphatic heterocycles. The Morgan fingerprint density at radius 1 is 1.24 bits per heavy atom. The molecule has 0 radical (unpaired) electrons. The zero-order valence-electron chi connectivity index (χ0n) is 11.8. The fourth-order valence-electron chi connectivity index (χ4n) is 2.67. The van der Waals surface area contributed by atoms with Crippen molar-refractivity contribution >= 4 is 29.0 Å². The minimum absolute atomic E-state index is 0.188. The summed E-state index contributed by atoms with van der Waals surface area (Å²) in [6.07, 6.45) is 0. The molecule has 0 saturated carbocycles. The van der Waals surface area contributed by atoms with Gasteiger partial charge >= 0.3 is 0 Å². The van der Waals surface area contributed by atoms with E-state index in [0.717, 1.165) is 30.2 Å². The van der Waals surface area contributed by atoms with Gasteiger partial charge in [0.2, 0.25) is 5.28 Å². The van der Waals surface area contributed by atoms with Crippen molar-refractivity contribution in [1.29, 1.82) is 0 Å². The fourth-order valence-corrected chi connectivity index (χ4v) is 3.23. The van der Waals surface area contributed by atoms with Gasteiger partial charge in [-0.15, -0.1) is 0 Å². The number of fused-ring (bicyclic) bond motifs is 1. The van der Waals surface area contributed by atoms with Gasteiger partial charge < -0.3 is 9.64 Å². The highest BCUT2D eigenvalue weighted by atomic mass is 35.5. The number of hydrogen-bond acceptors (Lipinski definition) is 4. The number of ether oxygens (including phenoxy) is 1. The number of benzene rings is 1. The maximum Gasteiger partial charge on any atom is 0.225 e. The molecule has 2 heterocycles. The molecule has 0 aliphatic carbocycles. The summed E-state index contributed by atoms with van der Waals surface area (Å²) in [5.74, 6) is 1.98. The number of hydrogen-bond donors (Lipinski definition) is 0. The molecule has 2 aromatic rings. The monoisotopic (exact) mass is 323 g/mol. The van der Waals surface area contributed by atoms with Crippen LogP contribution in [-0.2, 0) is 6.54 Å². The van der Waals surface area contributed by atoms with Gasteiger partial charge in [0.15, 0.2) is 0 Å². The highest BCUT2D eigenvalue weighted by Crippen LogP contribution is 2.39. The minimum Gasteiger partial charge on any atom is -0.497 e. The normalized spacial score (nSPS) is 17.0. The molecule has 6 heteroatoms. The Bertz CT molecular complexity index is 661. The second-order valence-corrected chi connectivity index (χ2v) is 5.85. The van der Waals surface area contributed by atoms with Crippen molar-refractivity contribution in [2.75, 3.05) is 18.6 Å². The van der Waals surface area contributed by atoms with Crippen molar-refractivity contribution in [3.8, 4) is 5.75 Å². The van der Waals surface area contributed by atoms with Crippen molar-refractivity contribution < 1.29 is 4.74 Å². The quantitative estimate of drug-likeness (QED) is 0.634. The van der Waals surface area contributed by atoms with Gasteiger partial charge in [-0.2, -0.15) is 0 Å². The van der Waals surface area contributed by atoms with Crippen molar-refractivity contribution in [2.45, 2.75) is 19.4 Å². The summed E-state index contributed by atoms with van der Waals surface area (Å²) in [7, 11) is 1.66. The fraction of sp³-hybridized carbons (Fsp3) is 0.333. The molecule has 0 N–H and O–H groups in total. The third kappa shape index (κ3) is 2.78. The van der Waals surface area contributed by atoms with Crippen LogP contribution in [0.4, 0.5) is 5.82 Å². The van der Waals surface area contributed by atoms with E-state index in [2.05, 4.69) is 21.8 Å². The predicted octanol–water partition coefficient (Wildman–Crippen LogP) is 3.92. The van der Waals surface area contributed by atoms with Crippen LogP contribution in [0.2, 0.25) is 10.4 Å². The maximum absolute atomic E-state index is 6.20. The lowest BCUT2D eigenvalue weighted by Crippen LogP contribution is -2.21. The predicted molar refractivity (Wildman–Crippen MR) is 84.5 cm³/mol. The van der Waals surface area contributed by atoms with E-state index in [1.54, 1.807) is 7.11 Å². The van der Waals surface area contributed by atoms with Crippen LogP contribution in [0, 0.1) is 0 Å². The van der Waals surface area contributed by atoms with Crippen molar-refractivity contribution in [1.82, 2.24) is 9.97 Å². The van der Waals surface area contributed by atoms with Crippen LogP contribution in [0.1, 0.15) is 24.0 Å². The molecule has 1 aliphatic rings. The second kappa shape index (κ2) is 5.70. The molecule has 110 valence electrons. The number of anilines is 1. The standard InChI is InChI=1S/C15H15Cl2N3O/c1-9-7-20(8-10-3-5-11(21-2)6-4-10)14-12(9)13(16)18-15(17)19-14/h3-6,9H,7-8H2,1-2H3/t9-/m0/s1. The second-order valence-electron chi connectivity index (χ2n) is 5.15. The molecule has 1 aromatic heterocycles. The molecule has 0 amide bonds. The van der Waals surface area contributed by atoms with E-state index >= 15 is 0 Å². The number of rotatable bonds is 3. The van der Waals surface area contributed by atoms with E-state index in [-0.39, 0.29) is 5.28 Å². The Hall–Kier alpha value is -1.52. The van der Waals surface area contributed by atoms with Gasteiger partial charge in [0.1, 0.15) is 16.7 Å². The summed E-state index contributed by atoms with van der Waals surface area (Å²) in [6, 6.07) is 8.00. The average Bonchev–Trinajstić information content (AvgIpc) is 2.76. The molecular formula is C15H15Cl2N3O. The van der Waals surface area contributed by atoms with Crippen LogP contribution < -0.4 is 9.64 Å². The molecule has 4 nitrogen and oxygen atoms in total. The molecule has 0 bridgehead atoms. The lowest BCUT2D eigenvalue weighted by molar-refractivity contribution is 0.414. The van der Waals surface area contributed by atoms with Gasteiger partial charge in [-0.05, 0) is 29.3 Å². The minimum atomic E-state index is 0.188. The third-order valence-corrected chi connectivity index (χ3v) is 4.13. The average molecular weight is 324 g/mol. The third-order valence-electron chi connectivity index (χ3n) is 3.67. The van der Waals surface area contributed by atoms with E-state index in [1.165, 1.54) is 5.56 Å². The molecule has 0 spiro atoms. The summed E-state index contributed by atoms with van der Waals surface area (Å²) >= 11 is 12.1. The van der Waals surface area contributed by atoms with Crippen molar-refractivity contribution in [3.63, 3.8) is 0 Å². The van der Waals surface area contributed by atoms with Gasteiger partial charge in [0.05, 0.1) is 7.11 Å². The van der Waals surface area contributed by atoms with Crippen LogP contribution in [0.3, 0.4) is 0 Å². The van der Waals surface area contributed by atoms with Crippen molar-refractivity contribution in [2.24, 2.45) is 0 Å². The zero-order chi connectivity index (χ0) is 15.0. The van der Waals surface area contributed by atoms with Gasteiger partial charge in [0, 0.05) is 24.6 Å².